The summed E-state index contributed by atoms with van der Waals surface area (Å²) < 4.78 is 30.4. The van der Waals surface area contributed by atoms with Crippen LogP contribution in [0, 0.1) is 0 Å². The molecule has 0 aliphatic carbocycles. The highest BCUT2D eigenvalue weighted by Crippen LogP contribution is 2.38. The van der Waals surface area contributed by atoms with Crippen LogP contribution < -0.4 is 10.2 Å². The summed E-state index contributed by atoms with van der Waals surface area (Å²) in [5.74, 6) is -0.556. The van der Waals surface area contributed by atoms with Gasteiger partial charge in [0.15, 0.2) is 0 Å². The van der Waals surface area contributed by atoms with Crippen LogP contribution in [-0.2, 0) is 27.9 Å². The number of hydrogen-bond donors (Lipinski definition) is 1. The molecule has 0 aromatic heterocycles. The summed E-state index contributed by atoms with van der Waals surface area (Å²) >= 11 is 0. The molecule has 0 aromatic carbocycles. The van der Waals surface area contributed by atoms with Crippen LogP contribution >= 0.6 is 7.82 Å². The maximum absolute atomic E-state index is 13.6. The van der Waals surface area contributed by atoms with Crippen LogP contribution in [0.5, 0.6) is 0 Å². The van der Waals surface area contributed by atoms with Gasteiger partial charge in [0.2, 0.25) is 5.91 Å². The minimum absolute atomic E-state index is 0.0287. The maximum Gasteiger partial charge on any atom is 0.306 e. The van der Waals surface area contributed by atoms with E-state index >= 15 is 0 Å². The molecule has 0 fully saturated rings. The van der Waals surface area contributed by atoms with Crippen molar-refractivity contribution >= 4 is 19.7 Å². The Kier molecular flexibility index (Phi) is 61.1. The Morgan fingerprint density at radius 1 is 0.429 bits per heavy atom. The molecule has 0 heterocycles. The molecule has 0 bridgehead atoms. The summed E-state index contributed by atoms with van der Waals surface area (Å²) in [5, 5.41) is 3.03. The SMILES string of the molecule is CC/C=C\C/C=C\C/C=C\C/C=C\C/C=C\CCCCCCCC(=O)NC(COP(=O)([O-])OCC[N+](C)(C)C)C(/C=C/CCCCCCCCCCCC)OC(=O)CCCCCCCCCCCCCCCCC/C=C/CCCCCCCC. The van der Waals surface area contributed by atoms with Gasteiger partial charge in [-0.25, -0.2) is 0 Å². The van der Waals surface area contributed by atoms with Crippen LogP contribution in [0.2, 0.25) is 0 Å². The molecule has 3 atom stereocenters. The van der Waals surface area contributed by atoms with Gasteiger partial charge in [-0.15, -0.1) is 0 Å². The lowest BCUT2D eigenvalue weighted by molar-refractivity contribution is -0.870. The molecule has 0 saturated heterocycles. The number of phosphoric ester groups is 1. The molecule has 0 aromatic rings. The highest BCUT2D eigenvalue weighted by Gasteiger charge is 2.27. The van der Waals surface area contributed by atoms with Gasteiger partial charge in [0, 0.05) is 12.8 Å². The van der Waals surface area contributed by atoms with E-state index in [4.69, 9.17) is 13.8 Å². The van der Waals surface area contributed by atoms with Gasteiger partial charge in [-0.1, -0.05) is 292 Å². The Hall–Kier alpha value is -2.81. The Labute approximate surface area is 520 Å². The maximum atomic E-state index is 13.6. The second kappa shape index (κ2) is 63.2. The average molecular weight is 1200 g/mol. The number of ether oxygens (including phenoxy) is 1. The summed E-state index contributed by atoms with van der Waals surface area (Å²) in [6.07, 6.45) is 84.2. The van der Waals surface area contributed by atoms with Crippen LogP contribution in [0.1, 0.15) is 323 Å². The number of nitrogens with zero attached hydrogens (tertiary/aromatic N) is 1. The molecule has 0 saturated carbocycles. The quantitative estimate of drug-likeness (QED) is 0.0212. The number of rotatable bonds is 64. The number of carbonyl (C=O) groups excluding carboxylic acids is 2. The monoisotopic (exact) mass is 1200 g/mol. The molecule has 0 radical (unpaired) electrons. The number of carbonyl (C=O) groups is 2. The van der Waals surface area contributed by atoms with E-state index in [0.29, 0.717) is 23.9 Å². The first-order valence-corrected chi connectivity index (χ1v) is 36.9. The third-order valence-corrected chi connectivity index (χ3v) is 16.5. The summed E-state index contributed by atoms with van der Waals surface area (Å²) in [7, 11) is 1.17. The first-order valence-electron chi connectivity index (χ1n) is 35.4. The van der Waals surface area contributed by atoms with E-state index in [2.05, 4.69) is 99.0 Å². The van der Waals surface area contributed by atoms with Crippen molar-refractivity contribution in [3.63, 3.8) is 0 Å². The largest absolute Gasteiger partial charge is 0.756 e. The fraction of sp³-hybridized carbons (Fsp3) is 0.784. The number of esters is 1. The van der Waals surface area contributed by atoms with Crippen LogP contribution in [0.15, 0.2) is 85.1 Å². The third-order valence-electron chi connectivity index (χ3n) is 15.6. The molecule has 10 heteroatoms. The highest BCUT2D eigenvalue weighted by molar-refractivity contribution is 7.45. The summed E-state index contributed by atoms with van der Waals surface area (Å²) in [5.41, 5.74) is 0. The van der Waals surface area contributed by atoms with Crippen molar-refractivity contribution in [3.05, 3.63) is 85.1 Å². The molecule has 0 spiro atoms. The molecule has 0 rings (SSSR count). The van der Waals surface area contributed by atoms with Crippen LogP contribution in [0.25, 0.3) is 0 Å². The molecule has 0 aliphatic heterocycles. The second-order valence-corrected chi connectivity index (χ2v) is 26.4. The normalized spacial score (nSPS) is 14.0. The van der Waals surface area contributed by atoms with E-state index in [1.807, 2.05) is 33.3 Å². The number of amides is 1. The Morgan fingerprint density at radius 3 is 1.15 bits per heavy atom. The van der Waals surface area contributed by atoms with Crippen molar-refractivity contribution in [1.82, 2.24) is 5.32 Å². The van der Waals surface area contributed by atoms with Gasteiger partial charge < -0.3 is 28.5 Å². The van der Waals surface area contributed by atoms with Crippen LogP contribution in [0.4, 0.5) is 0 Å². The minimum atomic E-state index is -4.71. The topological polar surface area (TPSA) is 114 Å². The number of hydrogen-bond acceptors (Lipinski definition) is 7. The highest BCUT2D eigenvalue weighted by atomic mass is 31.2. The number of unbranched alkanes of at least 4 members (excludes halogenated alkanes) is 36. The van der Waals surface area contributed by atoms with Gasteiger partial charge in [0.05, 0.1) is 33.8 Å². The molecule has 0 aliphatic rings. The van der Waals surface area contributed by atoms with Gasteiger partial charge in [0.25, 0.3) is 7.82 Å². The van der Waals surface area contributed by atoms with Gasteiger partial charge >= 0.3 is 5.97 Å². The summed E-state index contributed by atoms with van der Waals surface area (Å²) in [4.78, 5) is 40.2. The van der Waals surface area contributed by atoms with Crippen LogP contribution in [-0.4, -0.2) is 69.4 Å². The second-order valence-electron chi connectivity index (χ2n) is 25.0. The lowest BCUT2D eigenvalue weighted by atomic mass is 10.0. The predicted molar refractivity (Wildman–Crippen MR) is 362 cm³/mol. The van der Waals surface area contributed by atoms with E-state index in [9.17, 15) is 19.0 Å². The minimum Gasteiger partial charge on any atom is -0.756 e. The number of phosphoric acid groups is 1. The van der Waals surface area contributed by atoms with Gasteiger partial charge in [-0.05, 0) is 102 Å². The van der Waals surface area contributed by atoms with E-state index in [1.54, 1.807) is 0 Å². The standard InChI is InChI=1S/C74H135N2O7P/c1-7-10-13-16-19-22-25-28-30-32-34-36-37-38-39-41-43-45-47-49-52-55-58-61-64-67-74(78)83-72(65-62-59-56-53-50-27-24-21-18-15-12-9-3)71(70-82-84(79,80)81-69-68-76(4,5)6)75-73(77)66-63-60-57-54-51-48-46-44-42-40-35-33-31-29-26-23-20-17-14-11-8-2/h11,14,20,23,28-31,35,40,44,46,62,65,71-72H,7-10,12-13,15-19,21-22,24-27,32-34,36-39,41-43,45,47-61,63-64,66-70H2,1-6H3,(H-,75,77,79,80)/b14-11-,23-20-,30-28+,31-29-,40-35-,46-44-,65-62+. The predicted octanol–water partition coefficient (Wildman–Crippen LogP) is 21.9. The number of nitrogens with one attached hydrogen (secondary N) is 1. The van der Waals surface area contributed by atoms with Crippen LogP contribution in [0.3, 0.4) is 0 Å². The Balaban J connectivity index is 5.09. The molecule has 488 valence electrons. The third kappa shape index (κ3) is 63.7. The first-order chi connectivity index (χ1) is 40.9. The van der Waals surface area contributed by atoms with Crippen molar-refractivity contribution in [2.24, 2.45) is 0 Å². The molecule has 3 unspecified atom stereocenters. The Morgan fingerprint density at radius 2 is 0.762 bits per heavy atom. The van der Waals surface area contributed by atoms with E-state index in [-0.39, 0.29) is 24.9 Å². The zero-order valence-corrected chi connectivity index (χ0v) is 56.7. The lowest BCUT2D eigenvalue weighted by Gasteiger charge is -2.30. The number of allylic oxidation sites excluding steroid dienone is 13. The summed E-state index contributed by atoms with van der Waals surface area (Å²) in [6, 6.07) is -0.903. The van der Waals surface area contributed by atoms with E-state index in [1.165, 1.54) is 180 Å². The zero-order chi connectivity index (χ0) is 61.4. The fourth-order valence-corrected chi connectivity index (χ4v) is 10.9. The molecular weight excluding hydrogens is 1060 g/mol. The number of likely N-dealkylation sites (N-methyl/N-ethyl adjacent to an activating group) is 1. The van der Waals surface area contributed by atoms with Crippen molar-refractivity contribution in [2.45, 2.75) is 335 Å². The zero-order valence-electron chi connectivity index (χ0n) is 55.8. The van der Waals surface area contributed by atoms with Gasteiger partial charge in [-0.3, -0.25) is 14.2 Å². The molecule has 1 amide bonds. The lowest BCUT2D eigenvalue weighted by Crippen LogP contribution is -2.47. The fourth-order valence-electron chi connectivity index (χ4n) is 10.1. The van der Waals surface area contributed by atoms with E-state index < -0.39 is 26.6 Å². The number of quaternary nitrogens is 1. The van der Waals surface area contributed by atoms with Gasteiger partial charge in [0.1, 0.15) is 19.3 Å². The molecule has 84 heavy (non-hydrogen) atoms. The average Bonchev–Trinajstić information content (AvgIpc) is 3.64. The van der Waals surface area contributed by atoms with Crippen molar-refractivity contribution < 1.29 is 37.3 Å². The smallest absolute Gasteiger partial charge is 0.306 e. The Bertz CT molecular complexity index is 1710. The van der Waals surface area contributed by atoms with E-state index in [0.717, 1.165) is 103 Å². The van der Waals surface area contributed by atoms with Crippen molar-refractivity contribution in [3.8, 4) is 0 Å². The first kappa shape index (κ1) is 81.2. The molecular formula is C74H135N2O7P. The van der Waals surface area contributed by atoms with Crippen molar-refractivity contribution in [1.29, 1.82) is 0 Å². The molecule has 1 N–H and O–H groups in total. The molecule has 9 nitrogen and oxygen atoms in total. The van der Waals surface area contributed by atoms with Gasteiger partial charge in [-0.2, -0.15) is 0 Å². The summed E-state index contributed by atoms with van der Waals surface area (Å²) in [6.45, 7) is 6.74. The van der Waals surface area contributed by atoms with Crippen molar-refractivity contribution in [2.75, 3.05) is 40.9 Å².